The zero-order valence-corrected chi connectivity index (χ0v) is 16.8. The van der Waals surface area contributed by atoms with Crippen LogP contribution in [0.5, 0.6) is 5.75 Å². The Balaban J connectivity index is 1.68. The van der Waals surface area contributed by atoms with E-state index in [1.165, 1.54) is 9.80 Å². The maximum absolute atomic E-state index is 14.1. The number of carboxylic acid groups (broad SMARTS) is 1. The number of halogens is 4. The van der Waals surface area contributed by atoms with Gasteiger partial charge < -0.3 is 30.7 Å². The van der Waals surface area contributed by atoms with E-state index in [2.05, 4.69) is 10.1 Å². The highest BCUT2D eigenvalue weighted by Gasteiger charge is 2.43. The van der Waals surface area contributed by atoms with Crippen LogP contribution in [0, 0.1) is 11.7 Å². The van der Waals surface area contributed by atoms with Crippen LogP contribution >= 0.6 is 0 Å². The fourth-order valence-electron chi connectivity index (χ4n) is 3.75. The normalized spacial score (nSPS) is 21.1. The molecule has 1 saturated carbocycles. The van der Waals surface area contributed by atoms with Crippen molar-refractivity contribution in [3.8, 4) is 5.75 Å². The summed E-state index contributed by atoms with van der Waals surface area (Å²) < 4.78 is 54.6. The molecular formula is C19H22F4N4O5. The minimum absolute atomic E-state index is 0.0567. The number of nitrogens with two attached hydrogens (primary N) is 1. The Kier molecular flexibility index (Phi) is 6.65. The Hall–Kier alpha value is -3.25. The van der Waals surface area contributed by atoms with Gasteiger partial charge in [-0.3, -0.25) is 4.79 Å². The fraction of sp³-hybridized carbons (Fsp3) is 0.526. The van der Waals surface area contributed by atoms with Crippen molar-refractivity contribution in [1.29, 1.82) is 0 Å². The number of carbonyl (C=O) groups is 3. The first kappa shape index (κ1) is 23.4. The molecule has 1 aliphatic heterocycles. The van der Waals surface area contributed by atoms with Gasteiger partial charge in [0.2, 0.25) is 0 Å². The molecular weight excluding hydrogens is 440 g/mol. The second-order valence-electron chi connectivity index (χ2n) is 7.77. The molecule has 0 radical (unpaired) electrons. The summed E-state index contributed by atoms with van der Waals surface area (Å²) in [5, 5.41) is 11.9. The SMILES string of the molecule is NC(=O)N1CC(C(=O)O)CC(N(C(=O)NCc2ccc(OC(F)(F)F)cc2F)C2CC2)C1. The van der Waals surface area contributed by atoms with Gasteiger partial charge >= 0.3 is 24.4 Å². The number of hydrogen-bond donors (Lipinski definition) is 3. The molecule has 2 aliphatic rings. The maximum atomic E-state index is 14.1. The van der Waals surface area contributed by atoms with Crippen LogP contribution in [0.25, 0.3) is 0 Å². The average Bonchev–Trinajstić information content (AvgIpc) is 3.51. The molecule has 2 fully saturated rings. The van der Waals surface area contributed by atoms with Gasteiger partial charge in [0.15, 0.2) is 0 Å². The highest BCUT2D eigenvalue weighted by atomic mass is 19.4. The van der Waals surface area contributed by atoms with Crippen LogP contribution < -0.4 is 15.8 Å². The van der Waals surface area contributed by atoms with Gasteiger partial charge in [-0.25, -0.2) is 14.0 Å². The largest absolute Gasteiger partial charge is 0.573 e. The minimum Gasteiger partial charge on any atom is -0.481 e. The molecule has 2 atom stereocenters. The number of amides is 4. The predicted molar refractivity (Wildman–Crippen MR) is 101 cm³/mol. The number of ether oxygens (including phenoxy) is 1. The van der Waals surface area contributed by atoms with Gasteiger partial charge in [0.25, 0.3) is 0 Å². The number of rotatable bonds is 6. The Labute approximate surface area is 180 Å². The molecule has 1 aliphatic carbocycles. The van der Waals surface area contributed by atoms with Crippen molar-refractivity contribution in [3.05, 3.63) is 29.6 Å². The topological polar surface area (TPSA) is 125 Å². The van der Waals surface area contributed by atoms with Crippen LogP contribution in [0.15, 0.2) is 18.2 Å². The van der Waals surface area contributed by atoms with Crippen molar-refractivity contribution in [1.82, 2.24) is 15.1 Å². The quantitative estimate of drug-likeness (QED) is 0.560. The summed E-state index contributed by atoms with van der Waals surface area (Å²) in [5.41, 5.74) is 5.25. The number of nitrogens with one attached hydrogen (secondary N) is 1. The molecule has 0 aromatic heterocycles. The molecule has 3 rings (SSSR count). The molecule has 1 aromatic rings. The third kappa shape index (κ3) is 5.92. The van der Waals surface area contributed by atoms with Gasteiger partial charge in [0.1, 0.15) is 11.6 Å². The van der Waals surface area contributed by atoms with E-state index >= 15 is 0 Å². The van der Waals surface area contributed by atoms with Crippen LogP contribution in [-0.2, 0) is 11.3 Å². The average molecular weight is 462 g/mol. The lowest BCUT2D eigenvalue weighted by Crippen LogP contribution is -2.58. The van der Waals surface area contributed by atoms with E-state index in [1.54, 1.807) is 0 Å². The summed E-state index contributed by atoms with van der Waals surface area (Å²) >= 11 is 0. The van der Waals surface area contributed by atoms with E-state index in [0.717, 1.165) is 12.1 Å². The Bertz CT molecular complexity index is 871. The first-order valence-corrected chi connectivity index (χ1v) is 9.82. The molecule has 1 saturated heterocycles. The van der Waals surface area contributed by atoms with Crippen LogP contribution in [-0.4, -0.2) is 64.5 Å². The maximum Gasteiger partial charge on any atom is 0.573 e. The van der Waals surface area contributed by atoms with Crippen LogP contribution in [0.4, 0.5) is 27.2 Å². The van der Waals surface area contributed by atoms with E-state index in [9.17, 15) is 37.1 Å². The third-order valence-electron chi connectivity index (χ3n) is 5.35. The molecule has 9 nitrogen and oxygen atoms in total. The van der Waals surface area contributed by atoms with E-state index in [0.29, 0.717) is 18.9 Å². The zero-order chi connectivity index (χ0) is 23.6. The van der Waals surface area contributed by atoms with Crippen molar-refractivity contribution in [2.75, 3.05) is 13.1 Å². The molecule has 176 valence electrons. The second kappa shape index (κ2) is 9.09. The lowest BCUT2D eigenvalue weighted by atomic mass is 9.93. The molecule has 1 aromatic carbocycles. The first-order valence-electron chi connectivity index (χ1n) is 9.82. The number of primary amides is 1. The molecule has 13 heteroatoms. The monoisotopic (exact) mass is 462 g/mol. The van der Waals surface area contributed by atoms with E-state index in [4.69, 9.17) is 5.73 Å². The van der Waals surface area contributed by atoms with Gasteiger partial charge in [0, 0.05) is 37.3 Å². The molecule has 0 bridgehead atoms. The number of aliphatic carboxylic acids is 1. The van der Waals surface area contributed by atoms with E-state index in [-0.39, 0.29) is 37.7 Å². The summed E-state index contributed by atoms with van der Waals surface area (Å²) in [6.45, 7) is -0.297. The third-order valence-corrected chi connectivity index (χ3v) is 5.35. The fourth-order valence-corrected chi connectivity index (χ4v) is 3.75. The zero-order valence-electron chi connectivity index (χ0n) is 16.8. The lowest BCUT2D eigenvalue weighted by molar-refractivity contribution is -0.274. The van der Waals surface area contributed by atoms with Crippen molar-refractivity contribution >= 4 is 18.0 Å². The van der Waals surface area contributed by atoms with E-state index in [1.807, 2.05) is 0 Å². The summed E-state index contributed by atoms with van der Waals surface area (Å²) in [4.78, 5) is 38.6. The molecule has 2 unspecified atom stereocenters. The van der Waals surface area contributed by atoms with Crippen molar-refractivity contribution in [2.45, 2.75) is 44.3 Å². The summed E-state index contributed by atoms with van der Waals surface area (Å²) in [6.07, 6.45) is -3.45. The number of alkyl halides is 3. The predicted octanol–water partition coefficient (Wildman–Crippen LogP) is 2.25. The number of hydrogen-bond acceptors (Lipinski definition) is 4. The Morgan fingerprint density at radius 1 is 1.22 bits per heavy atom. The smallest absolute Gasteiger partial charge is 0.481 e. The van der Waals surface area contributed by atoms with Crippen LogP contribution in [0.2, 0.25) is 0 Å². The highest BCUT2D eigenvalue weighted by Crippen LogP contribution is 2.33. The van der Waals surface area contributed by atoms with Gasteiger partial charge in [-0.15, -0.1) is 13.2 Å². The van der Waals surface area contributed by atoms with Crippen molar-refractivity contribution in [2.24, 2.45) is 11.7 Å². The molecule has 0 spiro atoms. The van der Waals surface area contributed by atoms with Crippen molar-refractivity contribution < 1.29 is 41.8 Å². The number of likely N-dealkylation sites (tertiary alicyclic amines) is 1. The summed E-state index contributed by atoms with van der Waals surface area (Å²) in [5.74, 6) is -3.72. The molecule has 4 amide bonds. The number of urea groups is 2. The number of carboxylic acids is 1. The lowest BCUT2D eigenvalue weighted by Gasteiger charge is -2.41. The molecule has 1 heterocycles. The summed E-state index contributed by atoms with van der Waals surface area (Å²) in [6, 6.07) is 0.417. The minimum atomic E-state index is -4.96. The molecule has 4 N–H and O–H groups in total. The molecule has 32 heavy (non-hydrogen) atoms. The first-order chi connectivity index (χ1) is 14.9. The number of carbonyl (C=O) groups excluding carboxylic acids is 2. The van der Waals surface area contributed by atoms with Gasteiger partial charge in [-0.1, -0.05) is 6.07 Å². The van der Waals surface area contributed by atoms with E-state index < -0.39 is 47.9 Å². The number of benzene rings is 1. The Morgan fingerprint density at radius 2 is 1.91 bits per heavy atom. The number of piperidine rings is 1. The van der Waals surface area contributed by atoms with Crippen LogP contribution in [0.3, 0.4) is 0 Å². The number of nitrogens with zero attached hydrogens (tertiary/aromatic N) is 2. The summed E-state index contributed by atoms with van der Waals surface area (Å²) in [7, 11) is 0. The van der Waals surface area contributed by atoms with Crippen LogP contribution in [0.1, 0.15) is 24.8 Å². The van der Waals surface area contributed by atoms with Gasteiger partial charge in [-0.05, 0) is 25.3 Å². The highest BCUT2D eigenvalue weighted by molar-refractivity contribution is 5.77. The standard InChI is InChI=1S/C19H22F4N4O5/c20-15-6-14(32-19(21,22)23)4-1-10(15)7-25-18(31)27(12-2-3-12)13-5-11(16(28)29)8-26(9-13)17(24)30/h1,4,6,11-13H,2-3,5,7-9H2,(H2,24,30)(H,25,31)(H,28,29). The van der Waals surface area contributed by atoms with Gasteiger partial charge in [-0.2, -0.15) is 0 Å². The van der Waals surface area contributed by atoms with Crippen molar-refractivity contribution in [3.63, 3.8) is 0 Å². The Morgan fingerprint density at radius 3 is 2.44 bits per heavy atom. The second-order valence-corrected chi connectivity index (χ2v) is 7.77. The van der Waals surface area contributed by atoms with Gasteiger partial charge in [0.05, 0.1) is 12.0 Å².